The Morgan fingerprint density at radius 3 is 2.60 bits per heavy atom. The SMILES string of the molecule is Cc1cc2nc(N3CCN(C(=O)c4c(F)cccc4Cl)CC3)c3ccccc3n2n1. The van der Waals surface area contributed by atoms with Crippen LogP contribution in [-0.4, -0.2) is 51.6 Å². The van der Waals surface area contributed by atoms with Crippen molar-refractivity contribution >= 4 is 39.9 Å². The number of fused-ring (bicyclic) bond motifs is 3. The number of carbonyl (C=O) groups excluding carboxylic acids is 1. The van der Waals surface area contributed by atoms with Crippen molar-refractivity contribution in [2.75, 3.05) is 31.1 Å². The van der Waals surface area contributed by atoms with Crippen LogP contribution in [0.15, 0.2) is 48.5 Å². The van der Waals surface area contributed by atoms with Gasteiger partial charge in [0.2, 0.25) is 0 Å². The second-order valence-corrected chi connectivity index (χ2v) is 7.79. The van der Waals surface area contributed by atoms with Gasteiger partial charge in [0.25, 0.3) is 5.91 Å². The van der Waals surface area contributed by atoms with Crippen molar-refractivity contribution in [3.05, 3.63) is 70.6 Å². The van der Waals surface area contributed by atoms with Crippen LogP contribution in [0.5, 0.6) is 0 Å². The van der Waals surface area contributed by atoms with E-state index in [1.165, 1.54) is 18.2 Å². The Labute approximate surface area is 177 Å². The van der Waals surface area contributed by atoms with E-state index in [-0.39, 0.29) is 16.5 Å². The molecule has 2 aromatic carbocycles. The lowest BCUT2D eigenvalue weighted by Crippen LogP contribution is -2.49. The number of benzene rings is 2. The molecule has 1 saturated heterocycles. The standard InChI is InChI=1S/C22H19ClFN5O/c1-14-13-19-25-21(15-5-2-3-8-18(15)29(19)26-14)27-9-11-28(12-10-27)22(30)20-16(23)6-4-7-17(20)24/h2-8,13H,9-12H2,1H3. The highest BCUT2D eigenvalue weighted by Crippen LogP contribution is 2.28. The molecule has 0 aliphatic carbocycles. The maximum atomic E-state index is 14.2. The van der Waals surface area contributed by atoms with Gasteiger partial charge in [-0.3, -0.25) is 4.79 Å². The smallest absolute Gasteiger partial charge is 0.258 e. The van der Waals surface area contributed by atoms with Crippen molar-refractivity contribution < 1.29 is 9.18 Å². The molecule has 4 aromatic rings. The first-order valence-corrected chi connectivity index (χ1v) is 10.1. The minimum Gasteiger partial charge on any atom is -0.352 e. The van der Waals surface area contributed by atoms with Crippen LogP contribution >= 0.6 is 11.6 Å². The van der Waals surface area contributed by atoms with E-state index in [2.05, 4.69) is 10.00 Å². The van der Waals surface area contributed by atoms with Gasteiger partial charge in [0.05, 0.1) is 21.8 Å². The van der Waals surface area contributed by atoms with Gasteiger partial charge >= 0.3 is 0 Å². The van der Waals surface area contributed by atoms with Gasteiger partial charge in [-0.1, -0.05) is 29.8 Å². The van der Waals surface area contributed by atoms with E-state index in [0.717, 1.165) is 28.1 Å². The summed E-state index contributed by atoms with van der Waals surface area (Å²) in [6.07, 6.45) is 0. The quantitative estimate of drug-likeness (QED) is 0.490. The average molecular weight is 424 g/mol. The van der Waals surface area contributed by atoms with Gasteiger partial charge in [-0.25, -0.2) is 13.9 Å². The monoisotopic (exact) mass is 423 g/mol. The fourth-order valence-electron chi connectivity index (χ4n) is 3.98. The Balaban J connectivity index is 1.44. The lowest BCUT2D eigenvalue weighted by molar-refractivity contribution is 0.0742. The maximum absolute atomic E-state index is 14.2. The third kappa shape index (κ3) is 3.06. The number of amides is 1. The number of aromatic nitrogens is 3. The number of halogens is 2. The first-order valence-electron chi connectivity index (χ1n) is 9.76. The Hall–Kier alpha value is -3.19. The molecule has 152 valence electrons. The molecule has 1 fully saturated rings. The van der Waals surface area contributed by atoms with Crippen LogP contribution in [0.1, 0.15) is 16.1 Å². The topological polar surface area (TPSA) is 53.7 Å². The van der Waals surface area contributed by atoms with Crippen LogP contribution in [0, 0.1) is 12.7 Å². The molecule has 2 aromatic heterocycles. The molecule has 1 aliphatic heterocycles. The van der Waals surface area contributed by atoms with Crippen LogP contribution in [0.4, 0.5) is 10.2 Å². The van der Waals surface area contributed by atoms with Gasteiger partial charge in [-0.05, 0) is 31.2 Å². The molecule has 6 nitrogen and oxygen atoms in total. The molecule has 0 spiro atoms. The summed E-state index contributed by atoms with van der Waals surface area (Å²) >= 11 is 6.07. The Morgan fingerprint density at radius 2 is 1.83 bits per heavy atom. The lowest BCUT2D eigenvalue weighted by Gasteiger charge is -2.36. The van der Waals surface area contributed by atoms with Gasteiger partial charge in [-0.2, -0.15) is 5.10 Å². The number of hydrogen-bond acceptors (Lipinski definition) is 4. The van der Waals surface area contributed by atoms with Gasteiger partial charge in [-0.15, -0.1) is 0 Å². The number of aryl methyl sites for hydroxylation is 1. The second-order valence-electron chi connectivity index (χ2n) is 7.38. The number of anilines is 1. The molecule has 3 heterocycles. The van der Waals surface area contributed by atoms with Gasteiger partial charge < -0.3 is 9.80 Å². The summed E-state index contributed by atoms with van der Waals surface area (Å²) in [6, 6.07) is 14.3. The summed E-state index contributed by atoms with van der Waals surface area (Å²) in [5.74, 6) is -0.101. The molecule has 5 rings (SSSR count). The molecule has 1 amide bonds. The van der Waals surface area contributed by atoms with Crippen molar-refractivity contribution in [2.45, 2.75) is 6.92 Å². The average Bonchev–Trinajstić information content (AvgIpc) is 3.13. The first-order chi connectivity index (χ1) is 14.5. The fourth-order valence-corrected chi connectivity index (χ4v) is 4.23. The van der Waals surface area contributed by atoms with Crippen LogP contribution < -0.4 is 4.90 Å². The zero-order valence-electron chi connectivity index (χ0n) is 16.3. The van der Waals surface area contributed by atoms with Crippen LogP contribution in [-0.2, 0) is 0 Å². The zero-order chi connectivity index (χ0) is 20.8. The van der Waals surface area contributed by atoms with Crippen molar-refractivity contribution in [2.24, 2.45) is 0 Å². The Morgan fingerprint density at radius 1 is 1.07 bits per heavy atom. The summed E-state index contributed by atoms with van der Waals surface area (Å²) in [7, 11) is 0. The molecule has 0 bridgehead atoms. The molecule has 1 aliphatic rings. The van der Waals surface area contributed by atoms with E-state index in [1.54, 1.807) is 4.90 Å². The number of nitrogens with zero attached hydrogens (tertiary/aromatic N) is 5. The van der Waals surface area contributed by atoms with Crippen LogP contribution in [0.2, 0.25) is 5.02 Å². The predicted octanol–water partition coefficient (Wildman–Crippen LogP) is 3.95. The molecular formula is C22H19ClFN5O. The largest absolute Gasteiger partial charge is 0.352 e. The molecule has 30 heavy (non-hydrogen) atoms. The molecule has 0 radical (unpaired) electrons. The number of piperazine rings is 1. The van der Waals surface area contributed by atoms with E-state index in [0.29, 0.717) is 26.2 Å². The van der Waals surface area contributed by atoms with Crippen molar-refractivity contribution in [3.63, 3.8) is 0 Å². The van der Waals surface area contributed by atoms with E-state index in [4.69, 9.17) is 16.6 Å². The molecule has 0 unspecified atom stereocenters. The molecular weight excluding hydrogens is 405 g/mol. The number of para-hydroxylation sites is 1. The predicted molar refractivity (Wildman–Crippen MR) is 115 cm³/mol. The summed E-state index contributed by atoms with van der Waals surface area (Å²) in [6.45, 7) is 4.06. The third-order valence-electron chi connectivity index (χ3n) is 5.45. The third-order valence-corrected chi connectivity index (χ3v) is 5.76. The van der Waals surface area contributed by atoms with Crippen LogP contribution in [0.25, 0.3) is 16.6 Å². The van der Waals surface area contributed by atoms with E-state index in [9.17, 15) is 9.18 Å². The molecule has 0 saturated carbocycles. The van der Waals surface area contributed by atoms with E-state index < -0.39 is 5.82 Å². The van der Waals surface area contributed by atoms with Crippen molar-refractivity contribution in [1.82, 2.24) is 19.5 Å². The molecule has 8 heteroatoms. The summed E-state index contributed by atoms with van der Waals surface area (Å²) < 4.78 is 16.0. The molecule has 0 atom stereocenters. The second kappa shape index (κ2) is 7.25. The summed E-state index contributed by atoms with van der Waals surface area (Å²) in [4.78, 5) is 21.5. The maximum Gasteiger partial charge on any atom is 0.258 e. The molecule has 0 N–H and O–H groups in total. The van der Waals surface area contributed by atoms with E-state index >= 15 is 0 Å². The first kappa shape index (κ1) is 18.8. The highest BCUT2D eigenvalue weighted by Gasteiger charge is 2.27. The summed E-state index contributed by atoms with van der Waals surface area (Å²) in [5, 5.41) is 5.69. The number of rotatable bonds is 2. The minimum atomic E-state index is -0.593. The van der Waals surface area contributed by atoms with Gasteiger partial charge in [0, 0.05) is 37.6 Å². The lowest BCUT2D eigenvalue weighted by atomic mass is 10.1. The van der Waals surface area contributed by atoms with Crippen molar-refractivity contribution in [3.8, 4) is 0 Å². The highest BCUT2D eigenvalue weighted by atomic mass is 35.5. The Kier molecular flexibility index (Phi) is 4.55. The van der Waals surface area contributed by atoms with Crippen molar-refractivity contribution in [1.29, 1.82) is 0 Å². The number of hydrogen-bond donors (Lipinski definition) is 0. The fraction of sp³-hybridized carbons (Fsp3) is 0.227. The van der Waals surface area contributed by atoms with Gasteiger partial charge in [0.15, 0.2) is 5.65 Å². The van der Waals surface area contributed by atoms with Crippen LogP contribution in [0.3, 0.4) is 0 Å². The van der Waals surface area contributed by atoms with E-state index in [1.807, 2.05) is 41.8 Å². The Bertz CT molecular complexity index is 1260. The number of carbonyl (C=O) groups is 1. The zero-order valence-corrected chi connectivity index (χ0v) is 17.1. The van der Waals surface area contributed by atoms with Gasteiger partial charge in [0.1, 0.15) is 11.6 Å². The minimum absolute atomic E-state index is 0.0626. The summed E-state index contributed by atoms with van der Waals surface area (Å²) in [5.41, 5.74) is 2.62. The normalized spacial score (nSPS) is 14.6. The highest BCUT2D eigenvalue weighted by molar-refractivity contribution is 6.33.